The Kier molecular flexibility index (Phi) is 2.23. The number of hydrogen-bond donors (Lipinski definition) is 1. The smallest absolute Gasteiger partial charge is 0.175 e. The highest BCUT2D eigenvalue weighted by Gasteiger charge is 2.21. The molecule has 1 N–H and O–H groups in total. The standard InChI is InChI=1S/C10H13NO2S/c1-14(12,13)10-4-2-3-9(7-10)11-8-5-6-8/h2-4,7-8,11H,5-6H2,1H3. The molecule has 0 aromatic heterocycles. The molecule has 1 aliphatic carbocycles. The molecule has 0 atom stereocenters. The van der Waals surface area contributed by atoms with Crippen LogP contribution < -0.4 is 5.32 Å². The van der Waals surface area contributed by atoms with E-state index in [2.05, 4.69) is 5.32 Å². The molecular weight excluding hydrogens is 198 g/mol. The van der Waals surface area contributed by atoms with E-state index >= 15 is 0 Å². The summed E-state index contributed by atoms with van der Waals surface area (Å²) in [6, 6.07) is 7.51. The molecule has 0 unspecified atom stereocenters. The zero-order valence-corrected chi connectivity index (χ0v) is 8.84. The lowest BCUT2D eigenvalue weighted by Gasteiger charge is -2.05. The van der Waals surface area contributed by atoms with Crippen LogP contribution in [0.15, 0.2) is 29.2 Å². The second-order valence-electron chi connectivity index (χ2n) is 3.72. The van der Waals surface area contributed by atoms with Crippen molar-refractivity contribution in [3.8, 4) is 0 Å². The van der Waals surface area contributed by atoms with E-state index in [0.29, 0.717) is 10.9 Å². The summed E-state index contributed by atoms with van der Waals surface area (Å²) in [4.78, 5) is 0.378. The van der Waals surface area contributed by atoms with Crippen molar-refractivity contribution in [1.82, 2.24) is 0 Å². The number of anilines is 1. The van der Waals surface area contributed by atoms with E-state index in [1.165, 1.54) is 19.1 Å². The van der Waals surface area contributed by atoms with Crippen LogP contribution in [-0.2, 0) is 9.84 Å². The van der Waals surface area contributed by atoms with E-state index in [-0.39, 0.29) is 0 Å². The number of hydrogen-bond acceptors (Lipinski definition) is 3. The van der Waals surface area contributed by atoms with Gasteiger partial charge in [-0.3, -0.25) is 0 Å². The minimum absolute atomic E-state index is 0.378. The highest BCUT2D eigenvalue weighted by atomic mass is 32.2. The largest absolute Gasteiger partial charge is 0.382 e. The van der Waals surface area contributed by atoms with Crippen LogP contribution in [0.2, 0.25) is 0 Å². The van der Waals surface area contributed by atoms with Crippen molar-refractivity contribution in [3.63, 3.8) is 0 Å². The van der Waals surface area contributed by atoms with E-state index < -0.39 is 9.84 Å². The Morgan fingerprint density at radius 2 is 2.07 bits per heavy atom. The highest BCUT2D eigenvalue weighted by molar-refractivity contribution is 7.90. The average Bonchev–Trinajstić information content (AvgIpc) is 2.87. The van der Waals surface area contributed by atoms with E-state index in [4.69, 9.17) is 0 Å². The van der Waals surface area contributed by atoms with Gasteiger partial charge in [-0.2, -0.15) is 0 Å². The first-order chi connectivity index (χ1) is 6.55. The first kappa shape index (κ1) is 9.52. The molecule has 0 spiro atoms. The van der Waals surface area contributed by atoms with Crippen molar-refractivity contribution in [3.05, 3.63) is 24.3 Å². The average molecular weight is 211 g/mol. The maximum atomic E-state index is 11.3. The first-order valence-electron chi connectivity index (χ1n) is 4.62. The molecule has 1 fully saturated rings. The van der Waals surface area contributed by atoms with Crippen LogP contribution in [0.5, 0.6) is 0 Å². The summed E-state index contributed by atoms with van der Waals surface area (Å²) in [5.74, 6) is 0. The Labute approximate surface area is 84.1 Å². The Balaban J connectivity index is 2.26. The summed E-state index contributed by atoms with van der Waals surface area (Å²) >= 11 is 0. The van der Waals surface area contributed by atoms with Gasteiger partial charge in [-0.05, 0) is 31.0 Å². The Morgan fingerprint density at radius 1 is 1.36 bits per heavy atom. The van der Waals surface area contributed by atoms with Gasteiger partial charge in [0.05, 0.1) is 4.90 Å². The van der Waals surface area contributed by atoms with Gasteiger partial charge in [-0.15, -0.1) is 0 Å². The summed E-state index contributed by atoms with van der Waals surface area (Å²) in [5.41, 5.74) is 0.899. The molecule has 1 aromatic carbocycles. The zero-order chi connectivity index (χ0) is 10.2. The predicted molar refractivity (Wildman–Crippen MR) is 56.2 cm³/mol. The third kappa shape index (κ3) is 2.26. The molecule has 14 heavy (non-hydrogen) atoms. The second kappa shape index (κ2) is 3.28. The lowest BCUT2D eigenvalue weighted by molar-refractivity contribution is 0.602. The number of sulfone groups is 1. The molecule has 0 aliphatic heterocycles. The van der Waals surface area contributed by atoms with Gasteiger partial charge in [0.2, 0.25) is 0 Å². The van der Waals surface area contributed by atoms with Crippen LogP contribution in [0.3, 0.4) is 0 Å². The van der Waals surface area contributed by atoms with Gasteiger partial charge in [-0.1, -0.05) is 6.07 Å². The predicted octanol–water partition coefficient (Wildman–Crippen LogP) is 1.66. The van der Waals surface area contributed by atoms with Crippen molar-refractivity contribution < 1.29 is 8.42 Å². The molecule has 4 heteroatoms. The van der Waals surface area contributed by atoms with E-state index in [1.807, 2.05) is 6.07 Å². The van der Waals surface area contributed by atoms with Crippen LogP contribution in [0.25, 0.3) is 0 Å². The summed E-state index contributed by atoms with van der Waals surface area (Å²) in [6.45, 7) is 0. The first-order valence-corrected chi connectivity index (χ1v) is 6.51. The molecule has 0 bridgehead atoms. The molecule has 1 aliphatic rings. The lowest BCUT2D eigenvalue weighted by atomic mass is 10.3. The summed E-state index contributed by atoms with van der Waals surface area (Å²) < 4.78 is 22.5. The molecule has 0 saturated heterocycles. The normalized spacial score (nSPS) is 16.6. The van der Waals surface area contributed by atoms with Gasteiger partial charge in [-0.25, -0.2) is 8.42 Å². The Morgan fingerprint density at radius 3 is 2.64 bits per heavy atom. The van der Waals surface area contributed by atoms with Crippen LogP contribution >= 0.6 is 0 Å². The van der Waals surface area contributed by atoms with Crippen molar-refractivity contribution >= 4 is 15.5 Å². The van der Waals surface area contributed by atoms with Crippen LogP contribution in [0.1, 0.15) is 12.8 Å². The SMILES string of the molecule is CS(=O)(=O)c1cccc(NC2CC2)c1. The Bertz CT molecular complexity index is 435. The quantitative estimate of drug-likeness (QED) is 0.827. The number of nitrogens with one attached hydrogen (secondary N) is 1. The molecule has 0 amide bonds. The van der Waals surface area contributed by atoms with E-state index in [9.17, 15) is 8.42 Å². The maximum Gasteiger partial charge on any atom is 0.175 e. The fourth-order valence-electron chi connectivity index (χ4n) is 1.28. The van der Waals surface area contributed by atoms with E-state index in [1.54, 1.807) is 18.2 Å². The molecule has 2 rings (SSSR count). The van der Waals surface area contributed by atoms with Crippen LogP contribution in [0.4, 0.5) is 5.69 Å². The van der Waals surface area contributed by atoms with Gasteiger partial charge >= 0.3 is 0 Å². The minimum atomic E-state index is -3.08. The van der Waals surface area contributed by atoms with Crippen LogP contribution in [-0.4, -0.2) is 20.7 Å². The third-order valence-electron chi connectivity index (χ3n) is 2.21. The lowest BCUT2D eigenvalue weighted by Crippen LogP contribution is -2.03. The van der Waals surface area contributed by atoms with Crippen molar-refractivity contribution in [2.75, 3.05) is 11.6 Å². The Hall–Kier alpha value is -1.03. The van der Waals surface area contributed by atoms with Crippen molar-refractivity contribution in [1.29, 1.82) is 0 Å². The van der Waals surface area contributed by atoms with Gasteiger partial charge in [0.1, 0.15) is 0 Å². The molecule has 3 nitrogen and oxygen atoms in total. The topological polar surface area (TPSA) is 46.2 Å². The fraction of sp³-hybridized carbons (Fsp3) is 0.400. The second-order valence-corrected chi connectivity index (χ2v) is 5.73. The van der Waals surface area contributed by atoms with Gasteiger partial charge < -0.3 is 5.32 Å². The third-order valence-corrected chi connectivity index (χ3v) is 3.32. The van der Waals surface area contributed by atoms with Gasteiger partial charge in [0.15, 0.2) is 9.84 Å². The van der Waals surface area contributed by atoms with Crippen molar-refractivity contribution in [2.45, 2.75) is 23.8 Å². The van der Waals surface area contributed by atoms with Gasteiger partial charge in [0.25, 0.3) is 0 Å². The summed E-state index contributed by atoms with van der Waals surface area (Å²) in [5, 5.41) is 3.26. The number of rotatable bonds is 3. The minimum Gasteiger partial charge on any atom is -0.382 e. The number of benzene rings is 1. The highest BCUT2D eigenvalue weighted by Crippen LogP contribution is 2.25. The van der Waals surface area contributed by atoms with Crippen LogP contribution in [0, 0.1) is 0 Å². The molecule has 0 radical (unpaired) electrons. The molecule has 0 heterocycles. The maximum absolute atomic E-state index is 11.3. The zero-order valence-electron chi connectivity index (χ0n) is 8.03. The fourth-order valence-corrected chi connectivity index (χ4v) is 1.95. The summed E-state index contributed by atoms with van der Waals surface area (Å²) in [6.07, 6.45) is 3.59. The molecule has 1 aromatic rings. The molecule has 76 valence electrons. The molecule has 1 saturated carbocycles. The van der Waals surface area contributed by atoms with Crippen molar-refractivity contribution in [2.24, 2.45) is 0 Å². The molecular formula is C10H13NO2S. The van der Waals surface area contributed by atoms with Gasteiger partial charge in [0, 0.05) is 18.0 Å². The van der Waals surface area contributed by atoms with E-state index in [0.717, 1.165) is 5.69 Å². The summed E-state index contributed by atoms with van der Waals surface area (Å²) in [7, 11) is -3.08. The monoisotopic (exact) mass is 211 g/mol.